The van der Waals surface area contributed by atoms with Gasteiger partial charge in [-0.25, -0.2) is 10.8 Å². The van der Waals surface area contributed by atoms with Gasteiger partial charge in [0.2, 0.25) is 0 Å². The quantitative estimate of drug-likeness (QED) is 0.554. The van der Waals surface area contributed by atoms with Crippen LogP contribution in [0.1, 0.15) is 0 Å². The molecule has 0 unspecified atom stereocenters. The van der Waals surface area contributed by atoms with E-state index in [-0.39, 0.29) is 0 Å². The lowest BCUT2D eigenvalue weighted by Gasteiger charge is -2.08. The zero-order valence-corrected chi connectivity index (χ0v) is 9.47. The average Bonchev–Trinajstić information content (AvgIpc) is 2.39. The molecule has 2 aromatic rings. The van der Waals surface area contributed by atoms with E-state index in [1.807, 2.05) is 36.4 Å². The molecule has 5 nitrogen and oxygen atoms in total. The standard InChI is InChI=1S/C12H14N4O/c1-17-10-5-2-4-9(8-10)14-11-6-3-7-12(15-11)16-13/h2-8H,13H2,1H3,(H2,14,15,16). The highest BCUT2D eigenvalue weighted by atomic mass is 16.5. The van der Waals surface area contributed by atoms with Crippen molar-refractivity contribution in [3.63, 3.8) is 0 Å². The third kappa shape index (κ3) is 2.85. The summed E-state index contributed by atoms with van der Waals surface area (Å²) < 4.78 is 5.14. The van der Waals surface area contributed by atoms with Crippen molar-refractivity contribution in [3.8, 4) is 5.75 Å². The van der Waals surface area contributed by atoms with Gasteiger partial charge in [0.15, 0.2) is 0 Å². The maximum atomic E-state index is 5.30. The molecule has 0 radical (unpaired) electrons. The van der Waals surface area contributed by atoms with Crippen LogP contribution in [-0.2, 0) is 0 Å². The Hall–Kier alpha value is -2.27. The van der Waals surface area contributed by atoms with Crippen molar-refractivity contribution < 1.29 is 4.74 Å². The molecule has 4 N–H and O–H groups in total. The molecule has 0 aliphatic rings. The van der Waals surface area contributed by atoms with E-state index in [0.29, 0.717) is 11.6 Å². The van der Waals surface area contributed by atoms with E-state index in [1.54, 1.807) is 13.2 Å². The van der Waals surface area contributed by atoms with Gasteiger partial charge in [0.25, 0.3) is 0 Å². The maximum Gasteiger partial charge on any atom is 0.142 e. The van der Waals surface area contributed by atoms with Crippen molar-refractivity contribution in [1.29, 1.82) is 0 Å². The van der Waals surface area contributed by atoms with E-state index in [9.17, 15) is 0 Å². The molecule has 0 fully saturated rings. The number of hydrogen-bond donors (Lipinski definition) is 3. The molecule has 0 saturated carbocycles. The van der Waals surface area contributed by atoms with Gasteiger partial charge in [0.05, 0.1) is 7.11 Å². The zero-order chi connectivity index (χ0) is 12.1. The van der Waals surface area contributed by atoms with Gasteiger partial charge in [0, 0.05) is 11.8 Å². The second-order valence-corrected chi connectivity index (χ2v) is 3.41. The lowest BCUT2D eigenvalue weighted by molar-refractivity contribution is 0.415. The van der Waals surface area contributed by atoms with Crippen molar-refractivity contribution >= 4 is 17.3 Å². The van der Waals surface area contributed by atoms with Gasteiger partial charge in [-0.05, 0) is 24.3 Å². The van der Waals surface area contributed by atoms with Crippen molar-refractivity contribution in [2.45, 2.75) is 0 Å². The minimum Gasteiger partial charge on any atom is -0.497 e. The van der Waals surface area contributed by atoms with Gasteiger partial charge in [0.1, 0.15) is 17.4 Å². The van der Waals surface area contributed by atoms with Gasteiger partial charge >= 0.3 is 0 Å². The SMILES string of the molecule is COc1cccc(Nc2cccc(NN)n2)c1. The summed E-state index contributed by atoms with van der Waals surface area (Å²) in [6, 6.07) is 13.1. The molecule has 88 valence electrons. The normalized spacial score (nSPS) is 9.76. The number of benzene rings is 1. The van der Waals surface area contributed by atoms with Gasteiger partial charge in [-0.1, -0.05) is 12.1 Å². The Morgan fingerprint density at radius 1 is 1.12 bits per heavy atom. The first-order chi connectivity index (χ1) is 8.31. The van der Waals surface area contributed by atoms with Crippen LogP contribution in [0.2, 0.25) is 0 Å². The lowest BCUT2D eigenvalue weighted by Crippen LogP contribution is -2.08. The minimum absolute atomic E-state index is 0.609. The highest BCUT2D eigenvalue weighted by Gasteiger charge is 1.98. The molecule has 1 aromatic carbocycles. The number of aromatic nitrogens is 1. The Morgan fingerprint density at radius 2 is 1.88 bits per heavy atom. The number of methoxy groups -OCH3 is 1. The van der Waals surface area contributed by atoms with Crippen molar-refractivity contribution in [3.05, 3.63) is 42.5 Å². The average molecular weight is 230 g/mol. The van der Waals surface area contributed by atoms with E-state index >= 15 is 0 Å². The number of ether oxygens (including phenoxy) is 1. The van der Waals surface area contributed by atoms with E-state index in [0.717, 1.165) is 11.4 Å². The van der Waals surface area contributed by atoms with Gasteiger partial charge in [-0.2, -0.15) is 0 Å². The Kier molecular flexibility index (Phi) is 3.42. The van der Waals surface area contributed by atoms with Crippen molar-refractivity contribution in [2.75, 3.05) is 17.9 Å². The molecule has 0 saturated heterocycles. The molecule has 0 atom stereocenters. The molecule has 17 heavy (non-hydrogen) atoms. The van der Waals surface area contributed by atoms with Crippen LogP contribution in [0, 0.1) is 0 Å². The van der Waals surface area contributed by atoms with Crippen LogP contribution in [0.3, 0.4) is 0 Å². The Balaban J connectivity index is 2.18. The predicted octanol–water partition coefficient (Wildman–Crippen LogP) is 2.12. The smallest absolute Gasteiger partial charge is 0.142 e. The number of nitrogens with one attached hydrogen (secondary N) is 2. The fourth-order valence-corrected chi connectivity index (χ4v) is 1.43. The topological polar surface area (TPSA) is 72.2 Å². The van der Waals surface area contributed by atoms with Gasteiger partial charge < -0.3 is 15.5 Å². The number of rotatable bonds is 4. The molecule has 2 rings (SSSR count). The number of nitrogens with two attached hydrogens (primary N) is 1. The van der Waals surface area contributed by atoms with E-state index < -0.39 is 0 Å². The van der Waals surface area contributed by atoms with Crippen LogP contribution < -0.4 is 21.3 Å². The highest BCUT2D eigenvalue weighted by molar-refractivity contribution is 5.59. The van der Waals surface area contributed by atoms with E-state index in [1.165, 1.54) is 0 Å². The Bertz CT molecular complexity index is 456. The number of hydrogen-bond acceptors (Lipinski definition) is 5. The monoisotopic (exact) mass is 230 g/mol. The molecule has 1 heterocycles. The summed E-state index contributed by atoms with van der Waals surface area (Å²) in [5, 5.41) is 3.17. The first-order valence-corrected chi connectivity index (χ1v) is 5.16. The third-order valence-electron chi connectivity index (χ3n) is 2.24. The summed E-state index contributed by atoms with van der Waals surface area (Å²) in [7, 11) is 1.64. The zero-order valence-electron chi connectivity index (χ0n) is 9.47. The summed E-state index contributed by atoms with van der Waals surface area (Å²) in [5.74, 6) is 7.42. The van der Waals surface area contributed by atoms with Gasteiger partial charge in [-0.3, -0.25) is 0 Å². The number of anilines is 3. The summed E-state index contributed by atoms with van der Waals surface area (Å²) in [6.45, 7) is 0. The summed E-state index contributed by atoms with van der Waals surface area (Å²) in [4.78, 5) is 4.25. The molecule has 0 aliphatic carbocycles. The van der Waals surface area contributed by atoms with Crippen LogP contribution >= 0.6 is 0 Å². The summed E-state index contributed by atoms with van der Waals surface area (Å²) >= 11 is 0. The van der Waals surface area contributed by atoms with Crippen molar-refractivity contribution in [2.24, 2.45) is 5.84 Å². The molecular formula is C12H14N4O. The number of nitrogen functional groups attached to an aromatic ring is 1. The highest BCUT2D eigenvalue weighted by Crippen LogP contribution is 2.20. The van der Waals surface area contributed by atoms with Crippen LogP contribution in [-0.4, -0.2) is 12.1 Å². The lowest BCUT2D eigenvalue weighted by atomic mass is 10.3. The Morgan fingerprint density at radius 3 is 2.65 bits per heavy atom. The third-order valence-corrected chi connectivity index (χ3v) is 2.24. The molecule has 1 aromatic heterocycles. The Labute approximate surface area is 99.6 Å². The van der Waals surface area contributed by atoms with Gasteiger partial charge in [-0.15, -0.1) is 0 Å². The molecule has 5 heteroatoms. The van der Waals surface area contributed by atoms with Crippen LogP contribution in [0.5, 0.6) is 5.75 Å². The fraction of sp³-hybridized carbons (Fsp3) is 0.0833. The van der Waals surface area contributed by atoms with E-state index in [2.05, 4.69) is 15.7 Å². The second-order valence-electron chi connectivity index (χ2n) is 3.41. The largest absolute Gasteiger partial charge is 0.497 e. The molecule has 0 spiro atoms. The van der Waals surface area contributed by atoms with Crippen LogP contribution in [0.15, 0.2) is 42.5 Å². The molecular weight excluding hydrogens is 216 g/mol. The second kappa shape index (κ2) is 5.18. The fourth-order valence-electron chi connectivity index (χ4n) is 1.43. The minimum atomic E-state index is 0.609. The number of hydrazine groups is 1. The first kappa shape index (κ1) is 11.2. The number of nitrogens with zero attached hydrogens (tertiary/aromatic N) is 1. The molecule has 0 aliphatic heterocycles. The molecule has 0 amide bonds. The van der Waals surface area contributed by atoms with Crippen LogP contribution in [0.4, 0.5) is 17.3 Å². The number of pyridine rings is 1. The first-order valence-electron chi connectivity index (χ1n) is 5.16. The van der Waals surface area contributed by atoms with Crippen LogP contribution in [0.25, 0.3) is 0 Å². The predicted molar refractivity (Wildman–Crippen MR) is 68.3 cm³/mol. The van der Waals surface area contributed by atoms with Crippen molar-refractivity contribution in [1.82, 2.24) is 4.98 Å². The van der Waals surface area contributed by atoms with E-state index in [4.69, 9.17) is 10.6 Å². The molecule has 0 bridgehead atoms. The summed E-state index contributed by atoms with van der Waals surface area (Å²) in [5.41, 5.74) is 3.41. The summed E-state index contributed by atoms with van der Waals surface area (Å²) in [6.07, 6.45) is 0. The maximum absolute atomic E-state index is 5.30.